The summed E-state index contributed by atoms with van der Waals surface area (Å²) in [5, 5.41) is 7.59. The highest BCUT2D eigenvalue weighted by molar-refractivity contribution is 14.0. The van der Waals surface area contributed by atoms with Crippen LogP contribution in [0.1, 0.15) is 18.9 Å². The molecule has 2 N–H and O–H groups in total. The van der Waals surface area contributed by atoms with E-state index in [9.17, 15) is 0 Å². The van der Waals surface area contributed by atoms with Crippen molar-refractivity contribution in [1.29, 1.82) is 0 Å². The number of hydrogen-bond donors (Lipinski definition) is 1. The average Bonchev–Trinajstić information content (AvgIpc) is 2.41. The number of nitrogens with two attached hydrogens (primary N) is 1. The van der Waals surface area contributed by atoms with Gasteiger partial charge in [-0.3, -0.25) is 0 Å². The molecule has 2 rings (SSSR count). The Morgan fingerprint density at radius 3 is 2.85 bits per heavy atom. The Morgan fingerprint density at radius 1 is 1.40 bits per heavy atom. The summed E-state index contributed by atoms with van der Waals surface area (Å²) in [6.45, 7) is 3.16. The minimum Gasteiger partial charge on any atom is -0.373 e. The average molecular weight is 400 g/mol. The number of allylic oxidation sites excluding steroid dienone is 2. The monoisotopic (exact) mass is 400 g/mol. The molecule has 1 aromatic rings. The van der Waals surface area contributed by atoms with Crippen molar-refractivity contribution >= 4 is 52.6 Å². The number of nitrogens with zero attached hydrogens (tertiary/aromatic N) is 3. The summed E-state index contributed by atoms with van der Waals surface area (Å²) >= 11 is 4.66. The Morgan fingerprint density at radius 2 is 2.15 bits per heavy atom. The van der Waals surface area contributed by atoms with Crippen LogP contribution in [-0.4, -0.2) is 11.7 Å². The van der Waals surface area contributed by atoms with Gasteiger partial charge in [-0.05, 0) is 30.8 Å². The van der Waals surface area contributed by atoms with Crippen LogP contribution in [0.5, 0.6) is 0 Å². The maximum Gasteiger partial charge on any atom is 0.211 e. The van der Waals surface area contributed by atoms with Crippen LogP contribution in [0.4, 0.5) is 5.69 Å². The Hall–Kier alpha value is -1.28. The molecule has 0 saturated heterocycles. The van der Waals surface area contributed by atoms with Gasteiger partial charge in [0.1, 0.15) is 0 Å². The van der Waals surface area contributed by atoms with Gasteiger partial charge in [0.25, 0.3) is 0 Å². The Balaban J connectivity index is 0.00000200. The molecule has 0 spiro atoms. The number of rotatable bonds is 3. The number of halogens is 1. The summed E-state index contributed by atoms with van der Waals surface area (Å²) in [6, 6.07) is 8.23. The van der Waals surface area contributed by atoms with Crippen LogP contribution in [0.25, 0.3) is 5.57 Å². The number of para-hydroxylation sites is 1. The summed E-state index contributed by atoms with van der Waals surface area (Å²) < 4.78 is 0. The van der Waals surface area contributed by atoms with Crippen molar-refractivity contribution in [3.05, 3.63) is 48.3 Å². The van der Waals surface area contributed by atoms with Crippen molar-refractivity contribution in [1.82, 2.24) is 0 Å². The number of anilines is 1. The lowest BCUT2D eigenvalue weighted by Gasteiger charge is -2.26. The Kier molecular flexibility index (Phi) is 6.80. The second kappa shape index (κ2) is 8.11. The third-order valence-electron chi connectivity index (χ3n) is 2.78. The lowest BCUT2D eigenvalue weighted by Crippen LogP contribution is -2.20. The first-order valence-corrected chi connectivity index (χ1v) is 6.58. The van der Waals surface area contributed by atoms with E-state index < -0.39 is 0 Å². The standard InChI is InChI=1S/C14H16N4S.HI/c1-2-8-18-9-7-11(10-16-17-14(15)19)12-5-3-4-6-13(12)18;/h3-7,9-10H,2,8H2,1H3,(H2,15,19);1H/b11-10+,17-16?;. The van der Waals surface area contributed by atoms with E-state index in [2.05, 4.69) is 52.6 Å². The zero-order chi connectivity index (χ0) is 13.7. The molecule has 106 valence electrons. The lowest BCUT2D eigenvalue weighted by atomic mass is 10.0. The van der Waals surface area contributed by atoms with Gasteiger partial charge in [0.15, 0.2) is 0 Å². The number of fused-ring (bicyclic) bond motifs is 1. The van der Waals surface area contributed by atoms with Crippen LogP contribution in [0.2, 0.25) is 0 Å². The Labute approximate surface area is 141 Å². The molecule has 4 nitrogen and oxygen atoms in total. The van der Waals surface area contributed by atoms with Crippen molar-refractivity contribution < 1.29 is 0 Å². The maximum atomic E-state index is 5.28. The summed E-state index contributed by atoms with van der Waals surface area (Å²) in [4.78, 5) is 2.23. The first-order chi connectivity index (χ1) is 9.22. The fraction of sp³-hybridized carbons (Fsp3) is 0.214. The molecule has 0 aromatic heterocycles. The molecule has 1 heterocycles. The molecule has 1 aromatic carbocycles. The molecule has 0 amide bonds. The van der Waals surface area contributed by atoms with E-state index in [1.807, 2.05) is 18.2 Å². The van der Waals surface area contributed by atoms with Crippen molar-refractivity contribution in [3.8, 4) is 0 Å². The maximum absolute atomic E-state index is 5.28. The van der Waals surface area contributed by atoms with Crippen molar-refractivity contribution in [2.45, 2.75) is 13.3 Å². The molecule has 0 radical (unpaired) electrons. The van der Waals surface area contributed by atoms with E-state index >= 15 is 0 Å². The first-order valence-electron chi connectivity index (χ1n) is 6.17. The predicted molar refractivity (Wildman–Crippen MR) is 98.3 cm³/mol. The SMILES string of the molecule is CCCN1C=C/C(=C\N=NC(N)=S)c2ccccc21.I. The van der Waals surface area contributed by atoms with E-state index in [-0.39, 0.29) is 29.1 Å². The normalized spacial score (nSPS) is 15.2. The first kappa shape index (κ1) is 16.8. The van der Waals surface area contributed by atoms with Gasteiger partial charge in [-0.15, -0.1) is 29.1 Å². The quantitative estimate of drug-likeness (QED) is 0.473. The third-order valence-corrected chi connectivity index (χ3v) is 2.86. The molecule has 20 heavy (non-hydrogen) atoms. The summed E-state index contributed by atoms with van der Waals surface area (Å²) in [7, 11) is 0. The fourth-order valence-corrected chi connectivity index (χ4v) is 2.05. The highest BCUT2D eigenvalue weighted by Crippen LogP contribution is 2.32. The van der Waals surface area contributed by atoms with Crippen molar-refractivity contribution in [2.24, 2.45) is 16.0 Å². The Bertz CT molecular complexity index is 566. The lowest BCUT2D eigenvalue weighted by molar-refractivity contribution is 0.876. The van der Waals surface area contributed by atoms with Crippen LogP contribution < -0.4 is 10.6 Å². The van der Waals surface area contributed by atoms with Gasteiger partial charge in [0, 0.05) is 29.6 Å². The van der Waals surface area contributed by atoms with E-state index in [0.717, 1.165) is 24.1 Å². The third kappa shape index (κ3) is 4.11. The minimum absolute atomic E-state index is 0. The zero-order valence-corrected chi connectivity index (χ0v) is 14.3. The van der Waals surface area contributed by atoms with Crippen LogP contribution >= 0.6 is 36.2 Å². The van der Waals surface area contributed by atoms with Gasteiger partial charge in [-0.25, -0.2) is 0 Å². The van der Waals surface area contributed by atoms with E-state index in [1.165, 1.54) is 5.69 Å². The molecule has 0 bridgehead atoms. The molecular weight excluding hydrogens is 383 g/mol. The van der Waals surface area contributed by atoms with Crippen molar-refractivity contribution in [3.63, 3.8) is 0 Å². The molecule has 0 atom stereocenters. The highest BCUT2D eigenvalue weighted by Gasteiger charge is 2.14. The number of hydrogen-bond acceptors (Lipinski definition) is 3. The summed E-state index contributed by atoms with van der Waals surface area (Å²) in [5.74, 6) is 0. The molecule has 1 aliphatic heterocycles. The van der Waals surface area contributed by atoms with Gasteiger partial charge >= 0.3 is 0 Å². The zero-order valence-electron chi connectivity index (χ0n) is 11.2. The van der Waals surface area contributed by atoms with Crippen LogP contribution in [-0.2, 0) is 0 Å². The number of thiocarbonyl (C=S) groups is 1. The molecule has 0 saturated carbocycles. The van der Waals surface area contributed by atoms with Gasteiger partial charge in [-0.1, -0.05) is 25.1 Å². The summed E-state index contributed by atoms with van der Waals surface area (Å²) in [6.07, 6.45) is 6.86. The molecule has 0 aliphatic carbocycles. The van der Waals surface area contributed by atoms with E-state index in [4.69, 9.17) is 5.73 Å². The topological polar surface area (TPSA) is 54.0 Å². The predicted octanol–water partition coefficient (Wildman–Crippen LogP) is 4.09. The number of benzene rings is 1. The fourth-order valence-electron chi connectivity index (χ4n) is 2.00. The molecule has 0 unspecified atom stereocenters. The van der Waals surface area contributed by atoms with Crippen LogP contribution in [0, 0.1) is 0 Å². The van der Waals surface area contributed by atoms with E-state index in [0.29, 0.717) is 0 Å². The van der Waals surface area contributed by atoms with Gasteiger partial charge in [-0.2, -0.15) is 5.11 Å². The van der Waals surface area contributed by atoms with Crippen LogP contribution in [0.3, 0.4) is 0 Å². The number of azo groups is 1. The van der Waals surface area contributed by atoms with Crippen LogP contribution in [0.15, 0.2) is 53.0 Å². The summed E-state index contributed by atoms with van der Waals surface area (Å²) in [5.41, 5.74) is 8.61. The van der Waals surface area contributed by atoms with Gasteiger partial charge in [0.2, 0.25) is 5.11 Å². The largest absolute Gasteiger partial charge is 0.373 e. The molecule has 0 fully saturated rings. The van der Waals surface area contributed by atoms with E-state index in [1.54, 1.807) is 6.20 Å². The molecule has 6 heteroatoms. The second-order valence-electron chi connectivity index (χ2n) is 4.16. The molecule has 1 aliphatic rings. The van der Waals surface area contributed by atoms with Gasteiger partial charge < -0.3 is 10.6 Å². The van der Waals surface area contributed by atoms with Gasteiger partial charge in [0.05, 0.1) is 6.20 Å². The highest BCUT2D eigenvalue weighted by atomic mass is 127. The minimum atomic E-state index is 0. The smallest absolute Gasteiger partial charge is 0.211 e. The second-order valence-corrected chi connectivity index (χ2v) is 4.58. The molecular formula is C14H17IN4S. The van der Waals surface area contributed by atoms with Crippen molar-refractivity contribution in [2.75, 3.05) is 11.4 Å².